The van der Waals surface area contributed by atoms with Gasteiger partial charge in [-0.2, -0.15) is 0 Å². The standard InChI is InChI=1S/C23H31N3O2/c1-4-22(28-21-7-5-6-18(2)16-21)23(27)24-17-19-8-10-20(11-9-19)26-14-12-25(3)13-15-26/h5-11,16,22H,4,12-15,17H2,1-3H3,(H,24,27). The van der Waals surface area contributed by atoms with E-state index in [4.69, 9.17) is 4.74 Å². The first-order valence-electron chi connectivity index (χ1n) is 10.1. The fraction of sp³-hybridized carbons (Fsp3) is 0.435. The van der Waals surface area contributed by atoms with E-state index < -0.39 is 6.10 Å². The maximum atomic E-state index is 12.5. The van der Waals surface area contributed by atoms with E-state index in [0.717, 1.165) is 43.1 Å². The van der Waals surface area contributed by atoms with Crippen LogP contribution in [0.2, 0.25) is 0 Å². The van der Waals surface area contributed by atoms with Gasteiger partial charge >= 0.3 is 0 Å². The molecule has 28 heavy (non-hydrogen) atoms. The van der Waals surface area contributed by atoms with Crippen molar-refractivity contribution in [3.8, 4) is 5.75 Å². The van der Waals surface area contributed by atoms with Gasteiger partial charge in [-0.3, -0.25) is 4.79 Å². The van der Waals surface area contributed by atoms with Gasteiger partial charge in [-0.15, -0.1) is 0 Å². The summed E-state index contributed by atoms with van der Waals surface area (Å²) in [6.07, 6.45) is 0.147. The number of hydrogen-bond donors (Lipinski definition) is 1. The van der Waals surface area contributed by atoms with Gasteiger partial charge < -0.3 is 19.9 Å². The molecule has 150 valence electrons. The van der Waals surface area contributed by atoms with Crippen LogP contribution < -0.4 is 15.0 Å². The zero-order valence-corrected chi connectivity index (χ0v) is 17.1. The van der Waals surface area contributed by atoms with E-state index >= 15 is 0 Å². The number of hydrogen-bond acceptors (Lipinski definition) is 4. The van der Waals surface area contributed by atoms with Gasteiger partial charge in [0.15, 0.2) is 6.10 Å². The van der Waals surface area contributed by atoms with Crippen LogP contribution in [0.3, 0.4) is 0 Å². The molecule has 1 aliphatic heterocycles. The highest BCUT2D eigenvalue weighted by molar-refractivity contribution is 5.81. The second-order valence-electron chi connectivity index (χ2n) is 7.51. The van der Waals surface area contributed by atoms with E-state index in [9.17, 15) is 4.79 Å². The Morgan fingerprint density at radius 3 is 2.46 bits per heavy atom. The monoisotopic (exact) mass is 381 g/mol. The number of nitrogens with one attached hydrogen (secondary N) is 1. The van der Waals surface area contributed by atoms with Crippen LogP contribution in [0.15, 0.2) is 48.5 Å². The zero-order chi connectivity index (χ0) is 19.9. The first-order chi connectivity index (χ1) is 13.5. The molecule has 1 unspecified atom stereocenters. The summed E-state index contributed by atoms with van der Waals surface area (Å²) in [5.74, 6) is 0.658. The summed E-state index contributed by atoms with van der Waals surface area (Å²) in [7, 11) is 2.16. The van der Waals surface area contributed by atoms with E-state index in [-0.39, 0.29) is 5.91 Å². The zero-order valence-electron chi connectivity index (χ0n) is 17.1. The van der Waals surface area contributed by atoms with Crippen molar-refractivity contribution < 1.29 is 9.53 Å². The molecule has 2 aromatic carbocycles. The lowest BCUT2D eigenvalue weighted by Crippen LogP contribution is -2.44. The third kappa shape index (κ3) is 5.49. The van der Waals surface area contributed by atoms with Crippen molar-refractivity contribution in [2.24, 2.45) is 0 Å². The van der Waals surface area contributed by atoms with Gasteiger partial charge in [0.05, 0.1) is 0 Å². The molecule has 0 bridgehead atoms. The minimum Gasteiger partial charge on any atom is -0.481 e. The molecule has 3 rings (SSSR count). The topological polar surface area (TPSA) is 44.8 Å². The molecule has 0 aromatic heterocycles. The van der Waals surface area contributed by atoms with E-state index in [1.807, 2.05) is 38.1 Å². The number of amides is 1. The number of benzene rings is 2. The summed E-state index contributed by atoms with van der Waals surface area (Å²) in [6.45, 7) is 8.79. The first-order valence-corrected chi connectivity index (χ1v) is 10.1. The third-order valence-electron chi connectivity index (χ3n) is 5.20. The maximum absolute atomic E-state index is 12.5. The van der Waals surface area contributed by atoms with Crippen molar-refractivity contribution in [3.05, 3.63) is 59.7 Å². The average molecular weight is 382 g/mol. The molecule has 2 aromatic rings. The molecule has 1 N–H and O–H groups in total. The molecule has 1 fully saturated rings. The largest absolute Gasteiger partial charge is 0.481 e. The second-order valence-corrected chi connectivity index (χ2v) is 7.51. The Balaban J connectivity index is 1.51. The molecular weight excluding hydrogens is 350 g/mol. The van der Waals surface area contributed by atoms with Crippen LogP contribution in [0.5, 0.6) is 5.75 Å². The van der Waals surface area contributed by atoms with Crippen molar-refractivity contribution in [3.63, 3.8) is 0 Å². The Bertz CT molecular complexity index is 768. The molecule has 5 heteroatoms. The summed E-state index contributed by atoms with van der Waals surface area (Å²) >= 11 is 0. The van der Waals surface area contributed by atoms with Crippen LogP contribution in [0.1, 0.15) is 24.5 Å². The molecular formula is C23H31N3O2. The number of piperazine rings is 1. The van der Waals surface area contributed by atoms with Crippen LogP contribution in [0, 0.1) is 6.92 Å². The van der Waals surface area contributed by atoms with E-state index in [2.05, 4.69) is 46.4 Å². The van der Waals surface area contributed by atoms with Crippen LogP contribution >= 0.6 is 0 Å². The first kappa shape index (κ1) is 20.2. The Morgan fingerprint density at radius 2 is 1.82 bits per heavy atom. The van der Waals surface area contributed by atoms with Gasteiger partial charge in [-0.1, -0.05) is 31.2 Å². The SMILES string of the molecule is CCC(Oc1cccc(C)c1)C(=O)NCc1ccc(N2CCN(C)CC2)cc1. The van der Waals surface area contributed by atoms with Gasteiger partial charge in [0.25, 0.3) is 5.91 Å². The highest BCUT2D eigenvalue weighted by Gasteiger charge is 2.18. The molecule has 1 heterocycles. The molecule has 0 aliphatic carbocycles. The smallest absolute Gasteiger partial charge is 0.261 e. The summed E-state index contributed by atoms with van der Waals surface area (Å²) in [4.78, 5) is 17.3. The van der Waals surface area contributed by atoms with Gasteiger partial charge in [-0.05, 0) is 55.8 Å². The minimum absolute atomic E-state index is 0.0767. The lowest BCUT2D eigenvalue weighted by Gasteiger charge is -2.34. The molecule has 1 atom stereocenters. The van der Waals surface area contributed by atoms with Crippen LogP contribution in [0.4, 0.5) is 5.69 Å². The summed E-state index contributed by atoms with van der Waals surface area (Å²) in [6, 6.07) is 16.3. The van der Waals surface area contributed by atoms with Gasteiger partial charge in [0.2, 0.25) is 0 Å². The predicted octanol–water partition coefficient (Wildman–Crippen LogP) is 3.22. The lowest BCUT2D eigenvalue weighted by atomic mass is 10.1. The Labute approximate surface area is 168 Å². The van der Waals surface area contributed by atoms with E-state index in [1.54, 1.807) is 0 Å². The van der Waals surface area contributed by atoms with Gasteiger partial charge in [-0.25, -0.2) is 0 Å². The third-order valence-corrected chi connectivity index (χ3v) is 5.20. The summed E-state index contributed by atoms with van der Waals surface area (Å²) in [5.41, 5.74) is 3.46. The van der Waals surface area contributed by atoms with Crippen molar-refractivity contribution in [1.29, 1.82) is 0 Å². The average Bonchev–Trinajstić information content (AvgIpc) is 2.71. The number of carbonyl (C=O) groups excluding carboxylic acids is 1. The second kappa shape index (κ2) is 9.60. The molecule has 0 saturated carbocycles. The normalized spacial score (nSPS) is 15.9. The fourth-order valence-corrected chi connectivity index (χ4v) is 3.37. The van der Waals surface area contributed by atoms with Crippen molar-refractivity contribution >= 4 is 11.6 Å². The molecule has 0 spiro atoms. The Hall–Kier alpha value is -2.53. The van der Waals surface area contributed by atoms with E-state index in [0.29, 0.717) is 13.0 Å². The summed E-state index contributed by atoms with van der Waals surface area (Å²) < 4.78 is 5.88. The molecule has 0 radical (unpaired) electrons. The Morgan fingerprint density at radius 1 is 1.11 bits per heavy atom. The number of rotatable bonds is 7. The van der Waals surface area contributed by atoms with Crippen LogP contribution in [0.25, 0.3) is 0 Å². The number of carbonyl (C=O) groups is 1. The minimum atomic E-state index is -0.480. The number of nitrogens with zero attached hydrogens (tertiary/aromatic N) is 2. The summed E-state index contributed by atoms with van der Waals surface area (Å²) in [5, 5.41) is 3.01. The fourth-order valence-electron chi connectivity index (χ4n) is 3.37. The highest BCUT2D eigenvalue weighted by Crippen LogP contribution is 2.18. The molecule has 1 aliphatic rings. The number of anilines is 1. The number of ether oxygens (including phenoxy) is 1. The van der Waals surface area contributed by atoms with Crippen molar-refractivity contribution in [2.45, 2.75) is 32.9 Å². The van der Waals surface area contributed by atoms with Crippen molar-refractivity contribution in [2.75, 3.05) is 38.1 Å². The van der Waals surface area contributed by atoms with Gasteiger partial charge in [0.1, 0.15) is 5.75 Å². The predicted molar refractivity (Wildman–Crippen MR) is 114 cm³/mol. The Kier molecular flexibility index (Phi) is 6.93. The highest BCUT2D eigenvalue weighted by atomic mass is 16.5. The molecule has 1 saturated heterocycles. The number of likely N-dealkylation sites (N-methyl/N-ethyl adjacent to an activating group) is 1. The van der Waals surface area contributed by atoms with Crippen LogP contribution in [-0.2, 0) is 11.3 Å². The molecule has 5 nitrogen and oxygen atoms in total. The molecule has 1 amide bonds. The van der Waals surface area contributed by atoms with Gasteiger partial charge in [0, 0.05) is 38.4 Å². The van der Waals surface area contributed by atoms with Crippen LogP contribution in [-0.4, -0.2) is 50.1 Å². The van der Waals surface area contributed by atoms with E-state index in [1.165, 1.54) is 5.69 Å². The quantitative estimate of drug-likeness (QED) is 0.800. The maximum Gasteiger partial charge on any atom is 0.261 e. The number of aryl methyl sites for hydroxylation is 1. The van der Waals surface area contributed by atoms with Crippen molar-refractivity contribution in [1.82, 2.24) is 10.2 Å². The lowest BCUT2D eigenvalue weighted by molar-refractivity contribution is -0.128.